The summed E-state index contributed by atoms with van der Waals surface area (Å²) in [6, 6.07) is 4.63. The summed E-state index contributed by atoms with van der Waals surface area (Å²) in [5.41, 5.74) is -0.323. The Morgan fingerprint density at radius 3 is 2.77 bits per heavy atom. The van der Waals surface area contributed by atoms with Gasteiger partial charge in [0.25, 0.3) is 5.91 Å². The molecule has 0 spiro atoms. The first-order valence-corrected chi connectivity index (χ1v) is 8.98. The highest BCUT2D eigenvalue weighted by Crippen LogP contribution is 2.12. The number of fused-ring (bicyclic) bond motifs is 1. The van der Waals surface area contributed by atoms with E-state index >= 15 is 0 Å². The average Bonchev–Trinajstić information content (AvgIpc) is 2.63. The molecule has 1 aliphatic rings. The number of carbonyl (C=O) groups is 1. The zero-order valence-corrected chi connectivity index (χ0v) is 15.2. The number of piperazine rings is 1. The number of aromatic nitrogens is 1. The Morgan fingerprint density at radius 1 is 1.31 bits per heavy atom. The van der Waals surface area contributed by atoms with Gasteiger partial charge in [-0.2, -0.15) is 0 Å². The molecule has 0 saturated carbocycles. The summed E-state index contributed by atoms with van der Waals surface area (Å²) < 4.78 is 13.7. The van der Waals surface area contributed by atoms with E-state index in [0.29, 0.717) is 12.6 Å². The quantitative estimate of drug-likeness (QED) is 0.846. The van der Waals surface area contributed by atoms with Gasteiger partial charge in [0.05, 0.1) is 5.52 Å². The van der Waals surface area contributed by atoms with E-state index in [-0.39, 0.29) is 16.5 Å². The molecule has 1 aromatic carbocycles. The van der Waals surface area contributed by atoms with E-state index in [1.807, 2.05) is 0 Å². The van der Waals surface area contributed by atoms with Crippen molar-refractivity contribution in [2.24, 2.45) is 0 Å². The molecule has 1 aromatic heterocycles. The molecule has 6 nitrogen and oxygen atoms in total. The number of benzene rings is 1. The van der Waals surface area contributed by atoms with E-state index in [1.165, 1.54) is 24.4 Å². The lowest BCUT2D eigenvalue weighted by Crippen LogP contribution is -2.48. The van der Waals surface area contributed by atoms with E-state index in [0.717, 1.165) is 32.6 Å². The van der Waals surface area contributed by atoms with Crippen LogP contribution in [0.1, 0.15) is 23.7 Å². The molecule has 1 saturated heterocycles. The molecule has 3 rings (SSSR count). The second-order valence-corrected chi connectivity index (χ2v) is 6.93. The van der Waals surface area contributed by atoms with Crippen molar-refractivity contribution in [3.05, 3.63) is 46.0 Å². The van der Waals surface area contributed by atoms with Gasteiger partial charge in [0.2, 0.25) is 5.43 Å². The van der Waals surface area contributed by atoms with E-state index in [9.17, 15) is 14.0 Å². The maximum atomic E-state index is 13.7. The Balaban J connectivity index is 1.59. The minimum absolute atomic E-state index is 0.00958. The van der Waals surface area contributed by atoms with Crippen LogP contribution in [0.3, 0.4) is 0 Å². The number of para-hydroxylation sites is 1. The van der Waals surface area contributed by atoms with Crippen molar-refractivity contribution in [2.45, 2.75) is 19.4 Å². The van der Waals surface area contributed by atoms with Crippen molar-refractivity contribution in [3.63, 3.8) is 0 Å². The Labute approximate surface area is 152 Å². The van der Waals surface area contributed by atoms with Crippen LogP contribution in [0.25, 0.3) is 10.9 Å². The molecule has 7 heteroatoms. The largest absolute Gasteiger partial charge is 0.358 e. The van der Waals surface area contributed by atoms with Crippen LogP contribution in [0.15, 0.2) is 29.2 Å². The fourth-order valence-electron chi connectivity index (χ4n) is 3.32. The van der Waals surface area contributed by atoms with Gasteiger partial charge in [0, 0.05) is 50.3 Å². The molecular formula is C19H25FN4O2. The van der Waals surface area contributed by atoms with Crippen LogP contribution in [-0.4, -0.2) is 66.5 Å². The summed E-state index contributed by atoms with van der Waals surface area (Å²) in [5.74, 6) is -0.935. The van der Waals surface area contributed by atoms with Crippen LogP contribution in [0.5, 0.6) is 0 Å². The number of nitrogens with one attached hydrogen (secondary N) is 2. The van der Waals surface area contributed by atoms with E-state index in [4.69, 9.17) is 0 Å². The molecule has 2 aromatic rings. The maximum Gasteiger partial charge on any atom is 0.256 e. The Morgan fingerprint density at radius 2 is 2.04 bits per heavy atom. The third-order valence-corrected chi connectivity index (χ3v) is 5.12. The van der Waals surface area contributed by atoms with Gasteiger partial charge in [-0.1, -0.05) is 6.07 Å². The molecule has 2 N–H and O–H groups in total. The Hall–Kier alpha value is -2.25. The van der Waals surface area contributed by atoms with Crippen molar-refractivity contribution in [2.75, 3.05) is 39.8 Å². The average molecular weight is 360 g/mol. The number of nitrogens with zero attached hydrogens (tertiary/aromatic N) is 2. The highest BCUT2D eigenvalue weighted by Gasteiger charge is 2.19. The third-order valence-electron chi connectivity index (χ3n) is 5.12. The fraction of sp³-hybridized carbons (Fsp3) is 0.474. The van der Waals surface area contributed by atoms with Crippen LogP contribution >= 0.6 is 0 Å². The normalized spacial score (nSPS) is 17.3. The number of aromatic amines is 1. The number of hydrogen-bond acceptors (Lipinski definition) is 4. The summed E-state index contributed by atoms with van der Waals surface area (Å²) in [4.78, 5) is 32.2. The lowest BCUT2D eigenvalue weighted by Gasteiger charge is -2.36. The van der Waals surface area contributed by atoms with Crippen LogP contribution in [0.2, 0.25) is 0 Å². The third kappa shape index (κ3) is 3.94. The SMILES string of the molecule is C[C@@H](CCNC(=O)c1c[nH]c2c(F)cccc2c1=O)N1CCN(C)CC1. The predicted octanol–water partition coefficient (Wildman–Crippen LogP) is 1.42. The molecule has 0 radical (unpaired) electrons. The molecular weight excluding hydrogens is 335 g/mol. The molecule has 140 valence electrons. The van der Waals surface area contributed by atoms with E-state index < -0.39 is 17.2 Å². The number of pyridine rings is 1. The van der Waals surface area contributed by atoms with Crippen LogP contribution in [0, 0.1) is 5.82 Å². The second-order valence-electron chi connectivity index (χ2n) is 6.93. The van der Waals surface area contributed by atoms with Gasteiger partial charge in [-0.15, -0.1) is 0 Å². The monoisotopic (exact) mass is 360 g/mol. The number of hydrogen-bond donors (Lipinski definition) is 2. The molecule has 2 heterocycles. The van der Waals surface area contributed by atoms with Gasteiger partial charge in [0.15, 0.2) is 0 Å². The number of amides is 1. The number of H-pyrrole nitrogens is 1. The lowest BCUT2D eigenvalue weighted by atomic mass is 10.1. The molecule has 26 heavy (non-hydrogen) atoms. The van der Waals surface area contributed by atoms with Crippen molar-refractivity contribution >= 4 is 16.8 Å². The van der Waals surface area contributed by atoms with Crippen molar-refractivity contribution in [3.8, 4) is 0 Å². The Kier molecular flexibility index (Phi) is 5.68. The molecule has 1 amide bonds. The van der Waals surface area contributed by atoms with Crippen LogP contribution in [-0.2, 0) is 0 Å². The highest BCUT2D eigenvalue weighted by atomic mass is 19.1. The first-order chi connectivity index (χ1) is 12.5. The minimum Gasteiger partial charge on any atom is -0.358 e. The second kappa shape index (κ2) is 7.97. The van der Waals surface area contributed by atoms with Gasteiger partial charge in [-0.3, -0.25) is 14.5 Å². The first kappa shape index (κ1) is 18.5. The molecule has 0 unspecified atom stereocenters. The molecule has 0 aliphatic carbocycles. The fourth-order valence-corrected chi connectivity index (χ4v) is 3.32. The van der Waals surface area contributed by atoms with Gasteiger partial charge in [0.1, 0.15) is 11.4 Å². The highest BCUT2D eigenvalue weighted by molar-refractivity contribution is 5.97. The number of rotatable bonds is 5. The maximum absolute atomic E-state index is 13.7. The van der Waals surface area contributed by atoms with Gasteiger partial charge in [-0.05, 0) is 32.5 Å². The zero-order valence-electron chi connectivity index (χ0n) is 15.2. The van der Waals surface area contributed by atoms with E-state index in [2.05, 4.69) is 34.1 Å². The van der Waals surface area contributed by atoms with Crippen molar-refractivity contribution in [1.29, 1.82) is 0 Å². The molecule has 1 fully saturated rings. The van der Waals surface area contributed by atoms with Gasteiger partial charge >= 0.3 is 0 Å². The first-order valence-electron chi connectivity index (χ1n) is 8.98. The van der Waals surface area contributed by atoms with E-state index in [1.54, 1.807) is 0 Å². The van der Waals surface area contributed by atoms with Crippen molar-refractivity contribution < 1.29 is 9.18 Å². The predicted molar refractivity (Wildman–Crippen MR) is 100 cm³/mol. The molecule has 1 aliphatic heterocycles. The van der Waals surface area contributed by atoms with Gasteiger partial charge in [-0.25, -0.2) is 4.39 Å². The summed E-state index contributed by atoms with van der Waals surface area (Å²) in [6.45, 7) is 6.82. The van der Waals surface area contributed by atoms with Gasteiger partial charge < -0.3 is 15.2 Å². The number of carbonyl (C=O) groups excluding carboxylic acids is 1. The lowest BCUT2D eigenvalue weighted by molar-refractivity contribution is 0.0934. The standard InChI is InChI=1S/C19H25FN4O2/c1-13(24-10-8-23(2)9-11-24)6-7-21-19(26)15-12-22-17-14(18(15)25)4-3-5-16(17)20/h3-5,12-13H,6-11H2,1-2H3,(H,21,26)(H,22,25)/t13-/m0/s1. The van der Waals surface area contributed by atoms with Crippen LogP contribution in [0.4, 0.5) is 4.39 Å². The molecule has 0 bridgehead atoms. The number of likely N-dealkylation sites (N-methyl/N-ethyl adjacent to an activating group) is 1. The Bertz CT molecular complexity index is 843. The topological polar surface area (TPSA) is 68.4 Å². The summed E-state index contributed by atoms with van der Waals surface area (Å²) in [5, 5.41) is 2.99. The summed E-state index contributed by atoms with van der Waals surface area (Å²) in [7, 11) is 2.12. The summed E-state index contributed by atoms with van der Waals surface area (Å²) in [6.07, 6.45) is 2.10. The smallest absolute Gasteiger partial charge is 0.256 e. The van der Waals surface area contributed by atoms with Crippen molar-refractivity contribution in [1.82, 2.24) is 20.1 Å². The zero-order chi connectivity index (χ0) is 18.7. The van der Waals surface area contributed by atoms with Crippen LogP contribution < -0.4 is 10.7 Å². The summed E-state index contributed by atoms with van der Waals surface area (Å²) >= 11 is 0. The number of halogens is 1. The minimum atomic E-state index is -0.507. The molecule has 1 atom stereocenters.